The Hall–Kier alpha value is -0.930. The van der Waals surface area contributed by atoms with Crippen molar-refractivity contribution in [2.24, 2.45) is 0 Å². The Labute approximate surface area is 122 Å². The third-order valence-corrected chi connectivity index (χ3v) is 3.12. The van der Waals surface area contributed by atoms with Crippen LogP contribution in [0.25, 0.3) is 0 Å². The topological polar surface area (TPSA) is 21.3 Å². The average molecular weight is 281 g/mol. The van der Waals surface area contributed by atoms with Gasteiger partial charge < -0.3 is 10.1 Å². The molecule has 0 aliphatic carbocycles. The molecule has 0 saturated carbocycles. The number of hydrogen-bond donors (Lipinski definition) is 1. The van der Waals surface area contributed by atoms with E-state index in [-0.39, 0.29) is 17.3 Å². The van der Waals surface area contributed by atoms with E-state index in [4.69, 9.17) is 4.74 Å². The Kier molecular flexibility index (Phi) is 6.63. The summed E-state index contributed by atoms with van der Waals surface area (Å²) in [6.07, 6.45) is 0.817. The van der Waals surface area contributed by atoms with Gasteiger partial charge in [0.15, 0.2) is 0 Å². The monoisotopic (exact) mass is 281 g/mol. The molecule has 1 aromatic rings. The molecule has 114 valence electrons. The lowest BCUT2D eigenvalue weighted by molar-refractivity contribution is -0.00636. The summed E-state index contributed by atoms with van der Waals surface area (Å²) in [4.78, 5) is 0. The fraction of sp³-hybridized carbons (Fsp3) is 0.647. The van der Waals surface area contributed by atoms with Crippen molar-refractivity contribution in [3.05, 3.63) is 35.6 Å². The third-order valence-electron chi connectivity index (χ3n) is 3.12. The molecule has 0 heterocycles. The maximum absolute atomic E-state index is 14.0. The minimum Gasteiger partial charge on any atom is -0.376 e. The molecule has 20 heavy (non-hydrogen) atoms. The molecule has 1 aromatic carbocycles. The lowest BCUT2D eigenvalue weighted by atomic mass is 9.95. The van der Waals surface area contributed by atoms with E-state index >= 15 is 0 Å². The normalized spacial score (nSPS) is 13.8. The average Bonchev–Trinajstić information content (AvgIpc) is 2.33. The van der Waals surface area contributed by atoms with Crippen LogP contribution in [0.2, 0.25) is 0 Å². The first kappa shape index (κ1) is 17.1. The number of benzene rings is 1. The molecule has 3 heteroatoms. The summed E-state index contributed by atoms with van der Waals surface area (Å²) < 4.78 is 19.7. The van der Waals surface area contributed by atoms with Crippen molar-refractivity contribution in [2.75, 3.05) is 13.2 Å². The van der Waals surface area contributed by atoms with Crippen molar-refractivity contribution in [3.63, 3.8) is 0 Å². The Morgan fingerprint density at radius 1 is 1.20 bits per heavy atom. The number of halogens is 1. The molecule has 0 amide bonds. The molecule has 0 aromatic heterocycles. The summed E-state index contributed by atoms with van der Waals surface area (Å²) in [6, 6.07) is 7.43. The molecule has 0 fully saturated rings. The van der Waals surface area contributed by atoms with Gasteiger partial charge in [-0.3, -0.25) is 0 Å². The summed E-state index contributed by atoms with van der Waals surface area (Å²) >= 11 is 0. The molecule has 1 N–H and O–H groups in total. The lowest BCUT2D eigenvalue weighted by Gasteiger charge is -2.24. The third kappa shape index (κ3) is 6.49. The van der Waals surface area contributed by atoms with Crippen molar-refractivity contribution >= 4 is 0 Å². The van der Waals surface area contributed by atoms with E-state index in [0.29, 0.717) is 12.6 Å². The predicted octanol–water partition coefficient (Wildman–Crippen LogP) is 4.11. The van der Waals surface area contributed by atoms with Gasteiger partial charge in [-0.05, 0) is 38.8 Å². The molecular weight excluding hydrogens is 253 g/mol. The zero-order valence-corrected chi connectivity index (χ0v) is 13.4. The Bertz CT molecular complexity index is 398. The van der Waals surface area contributed by atoms with Gasteiger partial charge in [-0.2, -0.15) is 0 Å². The van der Waals surface area contributed by atoms with Crippen LogP contribution in [-0.4, -0.2) is 24.8 Å². The maximum atomic E-state index is 14.0. The highest BCUT2D eigenvalue weighted by Crippen LogP contribution is 2.23. The zero-order valence-electron chi connectivity index (χ0n) is 13.4. The number of rotatable bonds is 7. The predicted molar refractivity (Wildman–Crippen MR) is 82.6 cm³/mol. The van der Waals surface area contributed by atoms with Crippen LogP contribution in [0.5, 0.6) is 0 Å². The van der Waals surface area contributed by atoms with Gasteiger partial charge in [0.05, 0.1) is 5.60 Å². The van der Waals surface area contributed by atoms with E-state index in [9.17, 15) is 4.39 Å². The molecule has 0 aliphatic rings. The standard InChI is InChI=1S/C17H28FNO/c1-13(2)19-12-14(10-11-20-17(3,4)5)15-8-6-7-9-16(15)18/h6-9,13-14,19H,10-12H2,1-5H3. The van der Waals surface area contributed by atoms with Crippen molar-refractivity contribution in [1.82, 2.24) is 5.32 Å². The van der Waals surface area contributed by atoms with E-state index in [1.807, 2.05) is 32.9 Å². The number of ether oxygens (including phenoxy) is 1. The van der Waals surface area contributed by atoms with Crippen LogP contribution in [0.1, 0.15) is 52.5 Å². The molecule has 0 spiro atoms. The molecule has 0 aliphatic heterocycles. The molecule has 0 bridgehead atoms. The van der Waals surface area contributed by atoms with Gasteiger partial charge in [0.25, 0.3) is 0 Å². The first-order valence-electron chi connectivity index (χ1n) is 7.41. The molecule has 0 radical (unpaired) electrons. The van der Waals surface area contributed by atoms with Crippen molar-refractivity contribution in [2.45, 2.75) is 58.6 Å². The maximum Gasteiger partial charge on any atom is 0.126 e. The van der Waals surface area contributed by atoms with Gasteiger partial charge in [0.1, 0.15) is 5.82 Å². The fourth-order valence-electron chi connectivity index (χ4n) is 2.06. The van der Waals surface area contributed by atoms with Crippen molar-refractivity contribution in [3.8, 4) is 0 Å². The van der Waals surface area contributed by atoms with Crippen LogP contribution in [0.15, 0.2) is 24.3 Å². The van der Waals surface area contributed by atoms with E-state index in [1.165, 1.54) is 6.07 Å². The molecule has 0 saturated heterocycles. The number of hydrogen-bond acceptors (Lipinski definition) is 2. The van der Waals surface area contributed by atoms with Gasteiger partial charge in [-0.1, -0.05) is 32.0 Å². The zero-order chi connectivity index (χ0) is 15.2. The van der Waals surface area contributed by atoms with E-state index in [0.717, 1.165) is 18.5 Å². The summed E-state index contributed by atoms with van der Waals surface area (Å²) in [6.45, 7) is 11.7. The van der Waals surface area contributed by atoms with Crippen LogP contribution in [-0.2, 0) is 4.74 Å². The van der Waals surface area contributed by atoms with Crippen LogP contribution in [0.4, 0.5) is 4.39 Å². The number of nitrogens with one attached hydrogen (secondary N) is 1. The van der Waals surface area contributed by atoms with E-state index < -0.39 is 0 Å². The van der Waals surface area contributed by atoms with Crippen LogP contribution >= 0.6 is 0 Å². The first-order chi connectivity index (χ1) is 9.29. The highest BCUT2D eigenvalue weighted by molar-refractivity contribution is 5.22. The first-order valence-corrected chi connectivity index (χ1v) is 7.41. The summed E-state index contributed by atoms with van der Waals surface area (Å²) in [5, 5.41) is 3.40. The highest BCUT2D eigenvalue weighted by atomic mass is 19.1. The molecule has 2 nitrogen and oxygen atoms in total. The van der Waals surface area contributed by atoms with Gasteiger partial charge in [0.2, 0.25) is 0 Å². The molecule has 1 unspecified atom stereocenters. The molecule has 1 atom stereocenters. The van der Waals surface area contributed by atoms with Gasteiger partial charge in [-0.15, -0.1) is 0 Å². The van der Waals surface area contributed by atoms with Crippen LogP contribution in [0, 0.1) is 5.82 Å². The molecule has 1 rings (SSSR count). The summed E-state index contributed by atoms with van der Waals surface area (Å²) in [5.41, 5.74) is 0.629. The van der Waals surface area contributed by atoms with Gasteiger partial charge in [-0.25, -0.2) is 4.39 Å². The second-order valence-corrected chi connectivity index (χ2v) is 6.53. The van der Waals surface area contributed by atoms with Crippen LogP contribution < -0.4 is 5.32 Å². The summed E-state index contributed by atoms with van der Waals surface area (Å²) in [7, 11) is 0. The Morgan fingerprint density at radius 3 is 2.40 bits per heavy atom. The highest BCUT2D eigenvalue weighted by Gasteiger charge is 2.17. The van der Waals surface area contributed by atoms with Gasteiger partial charge >= 0.3 is 0 Å². The van der Waals surface area contributed by atoms with Crippen molar-refractivity contribution in [1.29, 1.82) is 0 Å². The summed E-state index contributed by atoms with van der Waals surface area (Å²) in [5.74, 6) is 0.0137. The largest absolute Gasteiger partial charge is 0.376 e. The van der Waals surface area contributed by atoms with Crippen LogP contribution in [0.3, 0.4) is 0 Å². The quantitative estimate of drug-likeness (QED) is 0.812. The van der Waals surface area contributed by atoms with E-state index in [1.54, 1.807) is 6.07 Å². The lowest BCUT2D eigenvalue weighted by Crippen LogP contribution is -2.29. The minimum atomic E-state index is -0.148. The minimum absolute atomic E-state index is 0.126. The van der Waals surface area contributed by atoms with E-state index in [2.05, 4.69) is 19.2 Å². The Balaban J connectivity index is 2.68. The smallest absolute Gasteiger partial charge is 0.126 e. The van der Waals surface area contributed by atoms with Gasteiger partial charge in [0, 0.05) is 25.1 Å². The second kappa shape index (κ2) is 7.75. The van der Waals surface area contributed by atoms with Crippen molar-refractivity contribution < 1.29 is 9.13 Å². The second-order valence-electron chi connectivity index (χ2n) is 6.53. The molecular formula is C17H28FNO. The Morgan fingerprint density at radius 2 is 1.85 bits per heavy atom. The SMILES string of the molecule is CC(C)NCC(CCOC(C)(C)C)c1ccccc1F. The fourth-order valence-corrected chi connectivity index (χ4v) is 2.06.